The summed E-state index contributed by atoms with van der Waals surface area (Å²) in [5, 5.41) is 8.34. The number of fused-ring (bicyclic) bond motifs is 1. The highest BCUT2D eigenvalue weighted by Gasteiger charge is 2.41. The molecule has 6 nitrogen and oxygen atoms in total. The van der Waals surface area contributed by atoms with Crippen LogP contribution < -0.4 is 5.32 Å². The van der Waals surface area contributed by atoms with Crippen LogP contribution in [-0.2, 0) is 9.53 Å². The third-order valence-corrected chi connectivity index (χ3v) is 4.73. The molecule has 0 saturated carbocycles. The second kappa shape index (κ2) is 7.45. The monoisotopic (exact) mass is 380 g/mol. The average Bonchev–Trinajstić information content (AvgIpc) is 3.04. The van der Waals surface area contributed by atoms with Crippen molar-refractivity contribution in [1.29, 1.82) is 0 Å². The summed E-state index contributed by atoms with van der Waals surface area (Å²) in [5.74, 6) is -0.338. The van der Waals surface area contributed by atoms with Crippen LogP contribution in [0.4, 0.5) is 5.95 Å². The summed E-state index contributed by atoms with van der Waals surface area (Å²) in [5.41, 5.74) is 1.56. The highest BCUT2D eigenvalue weighted by atomic mass is 35.5. The van der Waals surface area contributed by atoms with Gasteiger partial charge in [-0.05, 0) is 31.0 Å². The number of esters is 1. The molecule has 1 aliphatic heterocycles. The van der Waals surface area contributed by atoms with E-state index in [0.29, 0.717) is 22.6 Å². The minimum absolute atomic E-state index is 0.299. The van der Waals surface area contributed by atoms with Crippen LogP contribution in [-0.4, -0.2) is 27.3 Å². The molecule has 0 unspecified atom stereocenters. The van der Waals surface area contributed by atoms with Gasteiger partial charge >= 0.3 is 5.97 Å². The Hall–Kier alpha value is -2.05. The molecule has 2 heterocycles. The zero-order valence-electron chi connectivity index (χ0n) is 13.9. The number of carbonyl (C=O) groups is 1. The van der Waals surface area contributed by atoms with Crippen molar-refractivity contribution in [3.05, 3.63) is 51.9 Å². The normalized spacial score (nSPS) is 20.9. The molecule has 0 bridgehead atoms. The van der Waals surface area contributed by atoms with Gasteiger partial charge in [0.2, 0.25) is 5.95 Å². The maximum Gasteiger partial charge on any atom is 0.317 e. The molecule has 2 atom stereocenters. The number of rotatable bonds is 4. The van der Waals surface area contributed by atoms with E-state index in [1.807, 2.05) is 19.1 Å². The lowest BCUT2D eigenvalue weighted by Gasteiger charge is -2.33. The van der Waals surface area contributed by atoms with E-state index in [-0.39, 0.29) is 5.97 Å². The van der Waals surface area contributed by atoms with Crippen LogP contribution in [0.5, 0.6) is 0 Å². The first kappa shape index (κ1) is 17.8. The first-order valence-corrected chi connectivity index (χ1v) is 8.80. The minimum atomic E-state index is -0.577. The van der Waals surface area contributed by atoms with Crippen molar-refractivity contribution in [1.82, 2.24) is 14.8 Å². The number of anilines is 1. The van der Waals surface area contributed by atoms with Crippen LogP contribution in [0.25, 0.3) is 0 Å². The molecule has 0 fully saturated rings. The van der Waals surface area contributed by atoms with E-state index in [9.17, 15) is 4.79 Å². The van der Waals surface area contributed by atoms with Gasteiger partial charge in [-0.2, -0.15) is 10.1 Å². The molecule has 1 aromatic heterocycles. The summed E-state index contributed by atoms with van der Waals surface area (Å²) in [6, 6.07) is 4.88. The Morgan fingerprint density at radius 2 is 2.16 bits per heavy atom. The van der Waals surface area contributed by atoms with E-state index in [4.69, 9.17) is 27.9 Å². The lowest BCUT2D eigenvalue weighted by molar-refractivity contribution is -0.147. The number of hydrogen-bond acceptors (Lipinski definition) is 5. The number of halogens is 2. The number of benzene rings is 1. The summed E-state index contributed by atoms with van der Waals surface area (Å²) in [6.45, 7) is 4.09. The van der Waals surface area contributed by atoms with E-state index >= 15 is 0 Å². The smallest absolute Gasteiger partial charge is 0.317 e. The number of carbonyl (C=O) groups excluding carboxylic acids is 1. The van der Waals surface area contributed by atoms with Crippen molar-refractivity contribution >= 4 is 35.1 Å². The minimum Gasteiger partial charge on any atom is -0.465 e. The molecular formula is C17H18Cl2N4O2. The van der Waals surface area contributed by atoms with Gasteiger partial charge in [0.1, 0.15) is 12.2 Å². The van der Waals surface area contributed by atoms with E-state index in [0.717, 1.165) is 17.7 Å². The summed E-state index contributed by atoms with van der Waals surface area (Å²) in [4.78, 5) is 17.0. The van der Waals surface area contributed by atoms with Crippen LogP contribution in [0.1, 0.15) is 31.9 Å². The number of allylic oxidation sites excluding steroid dienone is 1. The van der Waals surface area contributed by atoms with Gasteiger partial charge in [0.15, 0.2) is 0 Å². The summed E-state index contributed by atoms with van der Waals surface area (Å²) in [7, 11) is 0. The molecule has 0 aliphatic carbocycles. The second-order valence-electron chi connectivity index (χ2n) is 5.57. The molecule has 132 valence electrons. The van der Waals surface area contributed by atoms with Crippen molar-refractivity contribution in [2.24, 2.45) is 5.92 Å². The summed E-state index contributed by atoms with van der Waals surface area (Å²) < 4.78 is 6.99. The third-order valence-electron chi connectivity index (χ3n) is 3.99. The van der Waals surface area contributed by atoms with Crippen molar-refractivity contribution in [2.45, 2.75) is 26.3 Å². The SMILES string of the molecule is CC/C=C1\Nc2ncnn2[C@@H](c2ccc(Cl)c(Cl)c2)[C@@H]1C(=O)OCC. The standard InChI is InChI=1S/C17H18Cl2N4O2/c1-3-5-13-14(16(24)25-4-2)15(23-17(22-13)20-9-21-23)10-6-7-11(18)12(19)8-10/h5-9,14-15H,3-4H2,1-2H3,(H,20,21,22)/b13-5-/t14-,15+/m1/s1. The zero-order valence-corrected chi connectivity index (χ0v) is 15.4. The van der Waals surface area contributed by atoms with Crippen molar-refractivity contribution in [3.8, 4) is 0 Å². The number of nitrogens with one attached hydrogen (secondary N) is 1. The Kier molecular flexibility index (Phi) is 5.30. The van der Waals surface area contributed by atoms with Crippen molar-refractivity contribution in [3.63, 3.8) is 0 Å². The van der Waals surface area contributed by atoms with Gasteiger partial charge in [-0.3, -0.25) is 4.79 Å². The van der Waals surface area contributed by atoms with Crippen LogP contribution >= 0.6 is 23.2 Å². The molecule has 1 N–H and O–H groups in total. The van der Waals surface area contributed by atoms with Crippen LogP contribution in [0, 0.1) is 5.92 Å². The Morgan fingerprint density at radius 3 is 2.84 bits per heavy atom. The quantitative estimate of drug-likeness (QED) is 0.809. The van der Waals surface area contributed by atoms with E-state index in [2.05, 4.69) is 15.4 Å². The largest absolute Gasteiger partial charge is 0.465 e. The molecule has 0 amide bonds. The Morgan fingerprint density at radius 1 is 1.36 bits per heavy atom. The maximum absolute atomic E-state index is 12.7. The van der Waals surface area contributed by atoms with E-state index < -0.39 is 12.0 Å². The zero-order chi connectivity index (χ0) is 18.0. The second-order valence-corrected chi connectivity index (χ2v) is 6.38. The molecule has 1 aromatic carbocycles. The van der Waals surface area contributed by atoms with Crippen molar-refractivity contribution < 1.29 is 9.53 Å². The number of nitrogens with zero attached hydrogens (tertiary/aromatic N) is 3. The molecule has 3 rings (SSSR count). The highest BCUT2D eigenvalue weighted by Crippen LogP contribution is 2.40. The Labute approximate surface area is 155 Å². The Balaban J connectivity index is 2.16. The fraction of sp³-hybridized carbons (Fsp3) is 0.353. The fourth-order valence-corrected chi connectivity index (χ4v) is 3.28. The van der Waals surface area contributed by atoms with Gasteiger partial charge in [0, 0.05) is 5.70 Å². The summed E-state index contributed by atoms with van der Waals surface area (Å²) in [6.07, 6.45) is 4.18. The highest BCUT2D eigenvalue weighted by molar-refractivity contribution is 6.42. The van der Waals surface area contributed by atoms with Gasteiger partial charge in [-0.1, -0.05) is 42.3 Å². The molecule has 1 aliphatic rings. The van der Waals surface area contributed by atoms with E-state index in [1.165, 1.54) is 6.33 Å². The maximum atomic E-state index is 12.7. The molecule has 0 saturated heterocycles. The molecular weight excluding hydrogens is 363 g/mol. The average molecular weight is 381 g/mol. The Bertz CT molecular complexity index is 819. The lowest BCUT2D eigenvalue weighted by atomic mass is 9.88. The number of aromatic nitrogens is 3. The van der Waals surface area contributed by atoms with Crippen LogP contribution in [0.2, 0.25) is 10.0 Å². The van der Waals surface area contributed by atoms with Gasteiger partial charge < -0.3 is 10.1 Å². The third kappa shape index (κ3) is 3.37. The van der Waals surface area contributed by atoms with Gasteiger partial charge in [0.25, 0.3) is 0 Å². The van der Waals surface area contributed by atoms with Crippen molar-refractivity contribution in [2.75, 3.05) is 11.9 Å². The molecule has 25 heavy (non-hydrogen) atoms. The fourth-order valence-electron chi connectivity index (χ4n) is 2.98. The van der Waals surface area contributed by atoms with Crippen LogP contribution in [0.3, 0.4) is 0 Å². The molecule has 8 heteroatoms. The molecule has 2 aromatic rings. The topological polar surface area (TPSA) is 69.0 Å². The predicted octanol–water partition coefficient (Wildman–Crippen LogP) is 4.07. The number of ether oxygens (including phenoxy) is 1. The van der Waals surface area contributed by atoms with Crippen LogP contribution in [0.15, 0.2) is 36.3 Å². The lowest BCUT2D eigenvalue weighted by Crippen LogP contribution is -2.38. The molecule has 0 spiro atoms. The van der Waals surface area contributed by atoms with Gasteiger partial charge in [-0.15, -0.1) is 0 Å². The van der Waals surface area contributed by atoms with Gasteiger partial charge in [-0.25, -0.2) is 4.68 Å². The first-order valence-electron chi connectivity index (χ1n) is 8.05. The predicted molar refractivity (Wildman–Crippen MR) is 96.7 cm³/mol. The summed E-state index contributed by atoms with van der Waals surface area (Å²) >= 11 is 12.2. The number of hydrogen-bond donors (Lipinski definition) is 1. The van der Waals surface area contributed by atoms with E-state index in [1.54, 1.807) is 23.7 Å². The van der Waals surface area contributed by atoms with Gasteiger partial charge in [0.05, 0.1) is 22.7 Å². The molecule has 0 radical (unpaired) electrons. The first-order chi connectivity index (χ1) is 12.1.